The second-order valence-electron chi connectivity index (χ2n) is 5.87. The first-order valence-corrected chi connectivity index (χ1v) is 9.19. The fraction of sp³-hybridized carbons (Fsp3) is 0.263. The molecule has 0 unspecified atom stereocenters. The standard InChI is InChI=1S/C19H17Cl2F3N2O3/c1-2-26(10-16(27)25-18-14(20)7-4-8-15(18)21)17(28)11-29-13-6-3-5-12(9-13)19(22,23)24/h3-9H,2,10-11H2,1H3,(H,25,27). The molecule has 0 aromatic heterocycles. The van der Waals surface area contributed by atoms with E-state index in [9.17, 15) is 22.8 Å². The van der Waals surface area contributed by atoms with E-state index in [1.165, 1.54) is 17.0 Å². The van der Waals surface area contributed by atoms with Gasteiger partial charge in [0.2, 0.25) is 5.91 Å². The molecule has 1 N–H and O–H groups in total. The van der Waals surface area contributed by atoms with Gasteiger partial charge in [0.25, 0.3) is 5.91 Å². The lowest BCUT2D eigenvalue weighted by molar-refractivity contribution is -0.137. The Balaban J connectivity index is 1.96. The number of carbonyl (C=O) groups is 2. The first kappa shape index (κ1) is 22.8. The Morgan fingerprint density at radius 2 is 1.72 bits per heavy atom. The van der Waals surface area contributed by atoms with Crippen molar-refractivity contribution in [1.29, 1.82) is 0 Å². The molecule has 0 aliphatic rings. The molecule has 0 saturated heterocycles. The van der Waals surface area contributed by atoms with E-state index >= 15 is 0 Å². The van der Waals surface area contributed by atoms with E-state index in [0.29, 0.717) is 0 Å². The van der Waals surface area contributed by atoms with E-state index in [0.717, 1.165) is 12.1 Å². The number of alkyl halides is 3. The highest BCUT2D eigenvalue weighted by atomic mass is 35.5. The largest absolute Gasteiger partial charge is 0.484 e. The Morgan fingerprint density at radius 1 is 1.10 bits per heavy atom. The predicted octanol–water partition coefficient (Wildman–Crippen LogP) is 4.88. The maximum atomic E-state index is 12.7. The van der Waals surface area contributed by atoms with Crippen LogP contribution in [0.4, 0.5) is 18.9 Å². The van der Waals surface area contributed by atoms with Crippen molar-refractivity contribution < 1.29 is 27.5 Å². The number of ether oxygens (including phenoxy) is 1. The third-order valence-electron chi connectivity index (χ3n) is 3.82. The normalized spacial score (nSPS) is 11.1. The summed E-state index contributed by atoms with van der Waals surface area (Å²) in [5.41, 5.74) is -0.657. The molecule has 0 saturated carbocycles. The van der Waals surface area contributed by atoms with Crippen molar-refractivity contribution in [3.05, 3.63) is 58.1 Å². The lowest BCUT2D eigenvalue weighted by Gasteiger charge is -2.21. The fourth-order valence-electron chi connectivity index (χ4n) is 2.34. The number of likely N-dealkylation sites (N-methyl/N-ethyl adjacent to an activating group) is 1. The van der Waals surface area contributed by atoms with Gasteiger partial charge in [0.15, 0.2) is 6.61 Å². The Morgan fingerprint density at radius 3 is 2.31 bits per heavy atom. The number of rotatable bonds is 7. The molecule has 5 nitrogen and oxygen atoms in total. The second-order valence-corrected chi connectivity index (χ2v) is 6.68. The minimum atomic E-state index is -4.52. The summed E-state index contributed by atoms with van der Waals surface area (Å²) >= 11 is 12.0. The van der Waals surface area contributed by atoms with Crippen LogP contribution >= 0.6 is 23.2 Å². The monoisotopic (exact) mass is 448 g/mol. The molecule has 0 atom stereocenters. The number of benzene rings is 2. The molecule has 0 bridgehead atoms. The van der Waals surface area contributed by atoms with Crippen molar-refractivity contribution in [2.75, 3.05) is 25.0 Å². The van der Waals surface area contributed by atoms with E-state index in [1.54, 1.807) is 25.1 Å². The zero-order chi connectivity index (χ0) is 21.6. The smallest absolute Gasteiger partial charge is 0.416 e. The van der Waals surface area contributed by atoms with Crippen LogP contribution in [0.2, 0.25) is 10.0 Å². The molecule has 10 heteroatoms. The maximum absolute atomic E-state index is 12.7. The Kier molecular flexibility index (Phi) is 7.75. The van der Waals surface area contributed by atoms with E-state index < -0.39 is 30.2 Å². The van der Waals surface area contributed by atoms with Crippen LogP contribution in [-0.2, 0) is 15.8 Å². The van der Waals surface area contributed by atoms with Crippen molar-refractivity contribution in [2.24, 2.45) is 0 Å². The molecule has 156 valence electrons. The van der Waals surface area contributed by atoms with Gasteiger partial charge in [-0.25, -0.2) is 0 Å². The summed E-state index contributed by atoms with van der Waals surface area (Å²) in [6.07, 6.45) is -4.52. The number of hydrogen-bond donors (Lipinski definition) is 1. The van der Waals surface area contributed by atoms with E-state index in [4.69, 9.17) is 27.9 Å². The Bertz CT molecular complexity index is 871. The van der Waals surface area contributed by atoms with Crippen molar-refractivity contribution in [1.82, 2.24) is 4.90 Å². The Hall–Kier alpha value is -2.45. The molecule has 0 fully saturated rings. The summed E-state index contributed by atoms with van der Waals surface area (Å²) in [5, 5.41) is 3.02. The summed E-state index contributed by atoms with van der Waals surface area (Å²) in [4.78, 5) is 25.7. The second kappa shape index (κ2) is 9.84. The number of halogens is 5. The molecule has 0 spiro atoms. The quantitative estimate of drug-likeness (QED) is 0.656. The number of nitrogens with zero attached hydrogens (tertiary/aromatic N) is 1. The highest BCUT2D eigenvalue weighted by Crippen LogP contribution is 2.31. The molecule has 2 rings (SSSR count). The van der Waals surface area contributed by atoms with Crippen LogP contribution in [0.3, 0.4) is 0 Å². The summed E-state index contributed by atoms with van der Waals surface area (Å²) < 4.78 is 43.4. The molecule has 0 aliphatic carbocycles. The van der Waals surface area contributed by atoms with Crippen molar-refractivity contribution in [2.45, 2.75) is 13.1 Å². The van der Waals surface area contributed by atoms with Gasteiger partial charge in [0.05, 0.1) is 27.8 Å². The van der Waals surface area contributed by atoms with Crippen molar-refractivity contribution in [3.8, 4) is 5.75 Å². The predicted molar refractivity (Wildman–Crippen MR) is 104 cm³/mol. The minimum absolute atomic E-state index is 0.100. The average molecular weight is 449 g/mol. The van der Waals surface area contributed by atoms with Gasteiger partial charge in [-0.15, -0.1) is 0 Å². The number of anilines is 1. The van der Waals surface area contributed by atoms with Gasteiger partial charge in [-0.2, -0.15) is 13.2 Å². The summed E-state index contributed by atoms with van der Waals surface area (Å²) in [6, 6.07) is 8.91. The lowest BCUT2D eigenvalue weighted by atomic mass is 10.2. The van der Waals surface area contributed by atoms with Gasteiger partial charge in [0, 0.05) is 6.54 Å². The molecule has 2 aromatic carbocycles. The van der Waals surface area contributed by atoms with Crippen molar-refractivity contribution >= 4 is 40.7 Å². The Labute approximate surface area is 175 Å². The molecule has 0 heterocycles. The molecule has 2 aromatic rings. The third-order valence-corrected chi connectivity index (χ3v) is 4.45. The van der Waals surface area contributed by atoms with E-state index in [1.807, 2.05) is 0 Å². The average Bonchev–Trinajstić information content (AvgIpc) is 2.66. The van der Waals surface area contributed by atoms with Crippen LogP contribution in [0.5, 0.6) is 5.75 Å². The first-order valence-electron chi connectivity index (χ1n) is 8.43. The minimum Gasteiger partial charge on any atom is -0.484 e. The lowest BCUT2D eigenvalue weighted by Crippen LogP contribution is -2.40. The van der Waals surface area contributed by atoms with E-state index in [2.05, 4.69) is 5.32 Å². The SMILES string of the molecule is CCN(CC(=O)Nc1c(Cl)cccc1Cl)C(=O)COc1cccc(C(F)(F)F)c1. The maximum Gasteiger partial charge on any atom is 0.416 e. The van der Waals surface area contributed by atoms with Crippen LogP contribution in [0.25, 0.3) is 0 Å². The molecule has 0 aliphatic heterocycles. The number of hydrogen-bond acceptors (Lipinski definition) is 3. The highest BCUT2D eigenvalue weighted by Gasteiger charge is 2.30. The highest BCUT2D eigenvalue weighted by molar-refractivity contribution is 6.39. The number of amides is 2. The third kappa shape index (κ3) is 6.54. The van der Waals surface area contributed by atoms with Crippen molar-refractivity contribution in [3.63, 3.8) is 0 Å². The van der Waals surface area contributed by atoms with Crippen LogP contribution in [0.15, 0.2) is 42.5 Å². The van der Waals surface area contributed by atoms with E-state index in [-0.39, 0.29) is 34.6 Å². The molecular weight excluding hydrogens is 432 g/mol. The molecule has 2 amide bonds. The van der Waals surface area contributed by atoms with Crippen LogP contribution in [0.1, 0.15) is 12.5 Å². The fourth-order valence-corrected chi connectivity index (χ4v) is 2.84. The van der Waals surface area contributed by atoms with Gasteiger partial charge in [0.1, 0.15) is 5.75 Å². The topological polar surface area (TPSA) is 58.6 Å². The summed E-state index contributed by atoms with van der Waals surface area (Å²) in [5.74, 6) is -1.20. The number of para-hydroxylation sites is 1. The van der Waals surface area contributed by atoms with Crippen LogP contribution < -0.4 is 10.1 Å². The number of carbonyl (C=O) groups excluding carboxylic acids is 2. The van der Waals surface area contributed by atoms with Gasteiger partial charge < -0.3 is 15.0 Å². The molecule has 29 heavy (non-hydrogen) atoms. The van der Waals surface area contributed by atoms with Gasteiger partial charge in [-0.05, 0) is 37.3 Å². The molecular formula is C19H17Cl2F3N2O3. The van der Waals surface area contributed by atoms with Crippen LogP contribution in [-0.4, -0.2) is 36.4 Å². The summed E-state index contributed by atoms with van der Waals surface area (Å²) in [7, 11) is 0. The van der Waals surface area contributed by atoms with Crippen LogP contribution in [0, 0.1) is 0 Å². The number of nitrogens with one attached hydrogen (secondary N) is 1. The van der Waals surface area contributed by atoms with Gasteiger partial charge in [-0.3, -0.25) is 9.59 Å². The van der Waals surface area contributed by atoms with Gasteiger partial charge in [-0.1, -0.05) is 35.3 Å². The van der Waals surface area contributed by atoms with Gasteiger partial charge >= 0.3 is 6.18 Å². The zero-order valence-corrected chi connectivity index (χ0v) is 16.7. The zero-order valence-electron chi connectivity index (χ0n) is 15.2. The molecule has 0 radical (unpaired) electrons. The summed E-state index contributed by atoms with van der Waals surface area (Å²) in [6.45, 7) is 1.02. The first-order chi connectivity index (χ1) is 13.6.